The maximum absolute atomic E-state index is 13.4. The SMILES string of the molecule is CC(C1CCC2CC3CCCCC3CC2C1)(C(F)(F)F)C(F)(F)F. The molecule has 0 spiro atoms. The fourth-order valence-electron chi connectivity index (χ4n) is 5.76. The highest BCUT2D eigenvalue weighted by atomic mass is 19.4. The van der Waals surface area contributed by atoms with Crippen molar-refractivity contribution >= 4 is 0 Å². The van der Waals surface area contributed by atoms with Gasteiger partial charge in [0.05, 0.1) is 0 Å². The molecule has 0 aliphatic heterocycles. The normalized spacial score (nSPS) is 38.4. The Morgan fingerprint density at radius 3 is 1.54 bits per heavy atom. The predicted octanol–water partition coefficient (Wildman–Crippen LogP) is 6.75. The molecule has 0 heterocycles. The van der Waals surface area contributed by atoms with Crippen LogP contribution in [0.3, 0.4) is 0 Å². The van der Waals surface area contributed by atoms with E-state index in [1.165, 1.54) is 12.8 Å². The van der Waals surface area contributed by atoms with Gasteiger partial charge in [0, 0.05) is 0 Å². The number of halogens is 6. The van der Waals surface area contributed by atoms with Gasteiger partial charge in [-0.25, -0.2) is 0 Å². The summed E-state index contributed by atoms with van der Waals surface area (Å²) < 4.78 is 80.1. The zero-order valence-corrected chi connectivity index (χ0v) is 14.0. The van der Waals surface area contributed by atoms with E-state index in [-0.39, 0.29) is 18.8 Å². The van der Waals surface area contributed by atoms with Gasteiger partial charge in [0.15, 0.2) is 5.41 Å². The molecule has 5 unspecified atom stereocenters. The zero-order chi connectivity index (χ0) is 17.8. The lowest BCUT2D eigenvalue weighted by atomic mass is 9.55. The van der Waals surface area contributed by atoms with Crippen molar-refractivity contribution in [2.75, 3.05) is 0 Å². The van der Waals surface area contributed by atoms with E-state index in [0.29, 0.717) is 31.1 Å². The molecule has 5 atom stereocenters. The predicted molar refractivity (Wildman–Crippen MR) is 79.2 cm³/mol. The van der Waals surface area contributed by atoms with Gasteiger partial charge in [0.2, 0.25) is 0 Å². The van der Waals surface area contributed by atoms with Crippen molar-refractivity contribution in [2.45, 2.75) is 77.1 Å². The molecule has 3 aliphatic carbocycles. The van der Waals surface area contributed by atoms with Gasteiger partial charge in [-0.3, -0.25) is 0 Å². The highest BCUT2D eigenvalue weighted by Crippen LogP contribution is 2.61. The van der Waals surface area contributed by atoms with Crippen molar-refractivity contribution in [3.63, 3.8) is 0 Å². The lowest BCUT2D eigenvalue weighted by Crippen LogP contribution is -2.54. The van der Waals surface area contributed by atoms with E-state index in [1.54, 1.807) is 0 Å². The largest absolute Gasteiger partial charge is 0.403 e. The monoisotopic (exact) mass is 356 g/mol. The highest BCUT2D eigenvalue weighted by Gasteiger charge is 2.71. The minimum Gasteiger partial charge on any atom is -0.170 e. The summed E-state index contributed by atoms with van der Waals surface area (Å²) in [6.45, 7) is 0.379. The van der Waals surface area contributed by atoms with Crippen LogP contribution in [0.4, 0.5) is 26.3 Å². The van der Waals surface area contributed by atoms with E-state index in [4.69, 9.17) is 0 Å². The van der Waals surface area contributed by atoms with Gasteiger partial charge in [-0.05, 0) is 68.6 Å². The molecule has 0 nitrogen and oxygen atoms in total. The van der Waals surface area contributed by atoms with E-state index in [0.717, 1.165) is 25.7 Å². The van der Waals surface area contributed by atoms with Crippen LogP contribution in [0.1, 0.15) is 64.7 Å². The first-order chi connectivity index (χ1) is 11.0. The number of rotatable bonds is 1. The van der Waals surface area contributed by atoms with Crippen LogP contribution in [0.25, 0.3) is 0 Å². The summed E-state index contributed by atoms with van der Waals surface area (Å²) in [7, 11) is 0. The van der Waals surface area contributed by atoms with Crippen LogP contribution in [0.2, 0.25) is 0 Å². The molecule has 140 valence electrons. The first-order valence-corrected chi connectivity index (χ1v) is 9.17. The molecule has 3 fully saturated rings. The molecule has 0 aromatic rings. The molecule has 0 radical (unpaired) electrons. The minimum atomic E-state index is -5.25. The van der Waals surface area contributed by atoms with Crippen LogP contribution in [0.15, 0.2) is 0 Å². The topological polar surface area (TPSA) is 0 Å². The molecule has 0 aromatic carbocycles. The Hall–Kier alpha value is -0.420. The number of hydrogen-bond donors (Lipinski definition) is 0. The lowest BCUT2D eigenvalue weighted by Gasteiger charge is -2.51. The molecule has 3 saturated carbocycles. The molecule has 0 N–H and O–H groups in total. The van der Waals surface area contributed by atoms with E-state index >= 15 is 0 Å². The summed E-state index contributed by atoms with van der Waals surface area (Å²) in [4.78, 5) is 0. The molecule has 3 rings (SSSR count). The molecular weight excluding hydrogens is 330 g/mol. The quantitative estimate of drug-likeness (QED) is 0.456. The van der Waals surface area contributed by atoms with Gasteiger partial charge in [-0.15, -0.1) is 0 Å². The molecule has 24 heavy (non-hydrogen) atoms. The fourth-order valence-corrected chi connectivity index (χ4v) is 5.76. The lowest BCUT2D eigenvalue weighted by molar-refractivity contribution is -0.356. The van der Waals surface area contributed by atoms with E-state index in [9.17, 15) is 26.3 Å². The standard InChI is InChI=1S/C18H26F6/c1-16(17(19,20)21,18(22,23)24)15-7-6-13-8-11-4-2-3-5-12(11)9-14(13)10-15/h11-15H,2-10H2,1H3. The zero-order valence-electron chi connectivity index (χ0n) is 14.0. The van der Waals surface area contributed by atoms with Crippen LogP contribution in [0.5, 0.6) is 0 Å². The Morgan fingerprint density at radius 1 is 0.583 bits per heavy atom. The molecule has 0 amide bonds. The van der Waals surface area contributed by atoms with E-state index in [1.807, 2.05) is 0 Å². The third-order valence-corrected chi connectivity index (χ3v) is 7.41. The molecule has 0 saturated heterocycles. The van der Waals surface area contributed by atoms with Gasteiger partial charge < -0.3 is 0 Å². The first kappa shape index (κ1) is 18.4. The first-order valence-electron chi connectivity index (χ1n) is 9.17. The summed E-state index contributed by atoms with van der Waals surface area (Å²) in [6, 6.07) is 0. The fraction of sp³-hybridized carbons (Fsp3) is 1.00. The van der Waals surface area contributed by atoms with Crippen molar-refractivity contribution < 1.29 is 26.3 Å². The summed E-state index contributed by atoms with van der Waals surface area (Å²) in [5.41, 5.74) is -3.58. The van der Waals surface area contributed by atoms with Crippen molar-refractivity contribution in [3.8, 4) is 0 Å². The van der Waals surface area contributed by atoms with E-state index in [2.05, 4.69) is 0 Å². The molecule has 0 aromatic heterocycles. The smallest absolute Gasteiger partial charge is 0.170 e. The summed E-state index contributed by atoms with van der Waals surface area (Å²) in [6.07, 6.45) is -3.28. The summed E-state index contributed by atoms with van der Waals surface area (Å²) >= 11 is 0. The van der Waals surface area contributed by atoms with Crippen LogP contribution >= 0.6 is 0 Å². The second-order valence-electron chi connectivity index (χ2n) is 8.50. The average molecular weight is 356 g/mol. The number of fused-ring (bicyclic) bond motifs is 2. The van der Waals surface area contributed by atoms with Gasteiger partial charge in [0.1, 0.15) is 0 Å². The van der Waals surface area contributed by atoms with Gasteiger partial charge in [-0.2, -0.15) is 26.3 Å². The molecule has 0 bridgehead atoms. The van der Waals surface area contributed by atoms with Crippen molar-refractivity contribution in [3.05, 3.63) is 0 Å². The Balaban J connectivity index is 1.78. The number of hydrogen-bond acceptors (Lipinski definition) is 0. The summed E-state index contributed by atoms with van der Waals surface area (Å²) in [5, 5.41) is 0. The molecular formula is C18H26F6. The third kappa shape index (κ3) is 2.96. The Morgan fingerprint density at radius 2 is 1.04 bits per heavy atom. The van der Waals surface area contributed by atoms with Crippen molar-refractivity contribution in [2.24, 2.45) is 35.0 Å². The van der Waals surface area contributed by atoms with Crippen molar-refractivity contribution in [1.82, 2.24) is 0 Å². The second kappa shape index (κ2) is 6.08. The second-order valence-corrected chi connectivity index (χ2v) is 8.50. The Bertz CT molecular complexity index is 437. The minimum absolute atomic E-state index is 0.0483. The van der Waals surface area contributed by atoms with Gasteiger partial charge in [-0.1, -0.05) is 25.7 Å². The van der Waals surface area contributed by atoms with Crippen LogP contribution in [-0.2, 0) is 0 Å². The Kier molecular flexibility index (Phi) is 4.66. The van der Waals surface area contributed by atoms with Crippen LogP contribution < -0.4 is 0 Å². The molecule has 6 heteroatoms. The number of alkyl halides is 6. The highest BCUT2D eigenvalue weighted by molar-refractivity contribution is 5.00. The Labute approximate surface area is 139 Å². The third-order valence-electron chi connectivity index (χ3n) is 7.41. The average Bonchev–Trinajstić information content (AvgIpc) is 2.49. The van der Waals surface area contributed by atoms with Crippen molar-refractivity contribution in [1.29, 1.82) is 0 Å². The molecule has 3 aliphatic rings. The van der Waals surface area contributed by atoms with E-state index < -0.39 is 23.7 Å². The van der Waals surface area contributed by atoms with Crippen LogP contribution in [-0.4, -0.2) is 12.4 Å². The maximum atomic E-state index is 13.4. The summed E-state index contributed by atoms with van der Waals surface area (Å²) in [5.74, 6) is 0.243. The maximum Gasteiger partial charge on any atom is 0.403 e. The van der Waals surface area contributed by atoms with Gasteiger partial charge >= 0.3 is 12.4 Å². The van der Waals surface area contributed by atoms with Crippen LogP contribution in [0, 0.1) is 35.0 Å². The van der Waals surface area contributed by atoms with Gasteiger partial charge in [0.25, 0.3) is 0 Å².